The van der Waals surface area contributed by atoms with Gasteiger partial charge in [0.1, 0.15) is 10.9 Å². The van der Waals surface area contributed by atoms with Crippen molar-refractivity contribution in [3.05, 3.63) is 30.1 Å². The quantitative estimate of drug-likeness (QED) is 0.681. The molecule has 2 aromatic rings. The minimum absolute atomic E-state index is 0.0500. The minimum atomic E-state index is -0.179. The summed E-state index contributed by atoms with van der Waals surface area (Å²) in [5.41, 5.74) is 0.919. The zero-order valence-corrected chi connectivity index (χ0v) is 13.7. The van der Waals surface area contributed by atoms with Crippen LogP contribution in [0.15, 0.2) is 29.3 Å². The Balaban J connectivity index is 2.17. The lowest BCUT2D eigenvalue weighted by Gasteiger charge is -2.14. The van der Waals surface area contributed by atoms with Crippen LogP contribution in [-0.2, 0) is 4.79 Å². The summed E-state index contributed by atoms with van der Waals surface area (Å²) in [6.45, 7) is 8.65. The predicted molar refractivity (Wildman–Crippen MR) is 87.4 cm³/mol. The van der Waals surface area contributed by atoms with E-state index in [0.717, 1.165) is 21.8 Å². The van der Waals surface area contributed by atoms with Crippen molar-refractivity contribution in [2.45, 2.75) is 38.0 Å². The van der Waals surface area contributed by atoms with Gasteiger partial charge in [-0.25, -0.2) is 9.97 Å². The molecule has 5 heteroatoms. The summed E-state index contributed by atoms with van der Waals surface area (Å²) in [7, 11) is 0. The number of aromatic nitrogens is 2. The maximum Gasteiger partial charge on any atom is 0.233 e. The summed E-state index contributed by atoms with van der Waals surface area (Å²) < 4.78 is 0. The van der Waals surface area contributed by atoms with E-state index in [1.807, 2.05) is 38.1 Å². The summed E-state index contributed by atoms with van der Waals surface area (Å²) in [6, 6.07) is 7.89. The number of carbonyl (C=O) groups is 1. The van der Waals surface area contributed by atoms with Crippen molar-refractivity contribution in [1.82, 2.24) is 15.3 Å². The van der Waals surface area contributed by atoms with Gasteiger partial charge in [0.15, 0.2) is 0 Å². The summed E-state index contributed by atoms with van der Waals surface area (Å²) in [6.07, 6.45) is 0. The summed E-state index contributed by atoms with van der Waals surface area (Å²) in [4.78, 5) is 21.0. The highest BCUT2D eigenvalue weighted by Gasteiger charge is 2.17. The van der Waals surface area contributed by atoms with E-state index in [1.165, 1.54) is 11.8 Å². The Hall–Kier alpha value is -1.62. The summed E-state index contributed by atoms with van der Waals surface area (Å²) >= 11 is 1.48. The summed E-state index contributed by atoms with van der Waals surface area (Å²) in [5, 5.41) is 4.65. The monoisotopic (exact) mass is 303 g/mol. The molecular weight excluding hydrogens is 282 g/mol. The first kappa shape index (κ1) is 15.8. The van der Waals surface area contributed by atoms with Gasteiger partial charge in [-0.2, -0.15) is 0 Å². The molecule has 2 rings (SSSR count). The summed E-state index contributed by atoms with van der Waals surface area (Å²) in [5.74, 6) is 1.23. The Bertz CT molecular complexity index is 642. The van der Waals surface area contributed by atoms with Crippen LogP contribution in [0.4, 0.5) is 0 Å². The van der Waals surface area contributed by atoms with Crippen LogP contribution in [0.5, 0.6) is 0 Å². The molecule has 0 bridgehead atoms. The van der Waals surface area contributed by atoms with E-state index in [2.05, 4.69) is 29.1 Å². The van der Waals surface area contributed by atoms with Crippen LogP contribution in [-0.4, -0.2) is 27.7 Å². The van der Waals surface area contributed by atoms with Crippen molar-refractivity contribution in [3.8, 4) is 0 Å². The topological polar surface area (TPSA) is 54.9 Å². The van der Waals surface area contributed by atoms with Gasteiger partial charge in [0.05, 0.1) is 10.8 Å². The number of amides is 1. The van der Waals surface area contributed by atoms with Crippen molar-refractivity contribution >= 4 is 28.6 Å². The highest BCUT2D eigenvalue weighted by molar-refractivity contribution is 8.00. The molecule has 1 atom stereocenters. The molecule has 0 unspecified atom stereocenters. The second-order valence-electron chi connectivity index (χ2n) is 5.49. The van der Waals surface area contributed by atoms with Crippen LogP contribution in [0.1, 0.15) is 26.6 Å². The molecule has 0 aliphatic rings. The number of benzene rings is 1. The Morgan fingerprint density at radius 1 is 1.24 bits per heavy atom. The first-order valence-corrected chi connectivity index (χ1v) is 8.03. The Labute approximate surface area is 129 Å². The number of hydrogen-bond acceptors (Lipinski definition) is 4. The van der Waals surface area contributed by atoms with E-state index in [-0.39, 0.29) is 11.2 Å². The number of para-hydroxylation sites is 1. The maximum absolute atomic E-state index is 12.1. The smallest absolute Gasteiger partial charge is 0.233 e. The van der Waals surface area contributed by atoms with E-state index in [4.69, 9.17) is 0 Å². The lowest BCUT2D eigenvalue weighted by atomic mass is 10.2. The normalized spacial score (nSPS) is 12.6. The van der Waals surface area contributed by atoms with E-state index in [9.17, 15) is 4.79 Å². The first-order chi connectivity index (χ1) is 9.97. The second kappa shape index (κ2) is 6.89. The molecule has 0 saturated heterocycles. The standard InChI is InChI=1S/C16H21N3OS/c1-10(2)9-17-15(20)11(3)21-16-13-7-5-6-8-14(13)18-12(4)19-16/h5-8,10-11H,9H2,1-4H3,(H,17,20)/t11-/m0/s1. The molecule has 0 spiro atoms. The molecule has 1 amide bonds. The zero-order valence-electron chi connectivity index (χ0n) is 12.9. The van der Waals surface area contributed by atoms with Gasteiger partial charge in [-0.05, 0) is 25.8 Å². The van der Waals surface area contributed by atoms with E-state index in [1.54, 1.807) is 0 Å². The fourth-order valence-electron chi connectivity index (χ4n) is 1.92. The number of carbonyl (C=O) groups excluding carboxylic acids is 1. The number of thioether (sulfide) groups is 1. The van der Waals surface area contributed by atoms with E-state index < -0.39 is 0 Å². The van der Waals surface area contributed by atoms with Gasteiger partial charge in [0.25, 0.3) is 0 Å². The predicted octanol–water partition coefficient (Wildman–Crippen LogP) is 3.19. The Morgan fingerprint density at radius 2 is 1.95 bits per heavy atom. The Kier molecular flexibility index (Phi) is 5.17. The van der Waals surface area contributed by atoms with Crippen LogP contribution in [0.2, 0.25) is 0 Å². The molecule has 1 N–H and O–H groups in total. The molecular formula is C16H21N3OS. The van der Waals surface area contributed by atoms with Gasteiger partial charge >= 0.3 is 0 Å². The first-order valence-electron chi connectivity index (χ1n) is 7.15. The van der Waals surface area contributed by atoms with Crippen LogP contribution >= 0.6 is 11.8 Å². The maximum atomic E-state index is 12.1. The number of aryl methyl sites for hydroxylation is 1. The van der Waals surface area contributed by atoms with Crippen LogP contribution in [0.3, 0.4) is 0 Å². The van der Waals surface area contributed by atoms with Crippen molar-refractivity contribution in [3.63, 3.8) is 0 Å². The van der Waals surface area contributed by atoms with Crippen molar-refractivity contribution in [1.29, 1.82) is 0 Å². The molecule has 0 aliphatic carbocycles. The molecule has 0 aliphatic heterocycles. The molecule has 0 fully saturated rings. The van der Waals surface area contributed by atoms with Crippen LogP contribution in [0, 0.1) is 12.8 Å². The zero-order chi connectivity index (χ0) is 15.4. The highest BCUT2D eigenvalue weighted by atomic mass is 32.2. The van der Waals surface area contributed by atoms with Crippen molar-refractivity contribution < 1.29 is 4.79 Å². The van der Waals surface area contributed by atoms with Gasteiger partial charge in [0, 0.05) is 11.9 Å². The van der Waals surface area contributed by atoms with Crippen LogP contribution in [0.25, 0.3) is 10.9 Å². The van der Waals surface area contributed by atoms with Gasteiger partial charge in [-0.3, -0.25) is 4.79 Å². The number of hydrogen-bond donors (Lipinski definition) is 1. The molecule has 1 aromatic heterocycles. The average molecular weight is 303 g/mol. The third kappa shape index (κ3) is 4.17. The number of rotatable bonds is 5. The third-order valence-electron chi connectivity index (χ3n) is 3.02. The van der Waals surface area contributed by atoms with Crippen LogP contribution < -0.4 is 5.32 Å². The van der Waals surface area contributed by atoms with E-state index >= 15 is 0 Å². The molecule has 1 heterocycles. The van der Waals surface area contributed by atoms with Crippen molar-refractivity contribution in [2.75, 3.05) is 6.54 Å². The number of nitrogens with zero attached hydrogens (tertiary/aromatic N) is 2. The molecule has 4 nitrogen and oxygen atoms in total. The largest absolute Gasteiger partial charge is 0.355 e. The van der Waals surface area contributed by atoms with Gasteiger partial charge < -0.3 is 5.32 Å². The lowest BCUT2D eigenvalue weighted by molar-refractivity contribution is -0.120. The molecule has 112 valence electrons. The number of fused-ring (bicyclic) bond motifs is 1. The lowest BCUT2D eigenvalue weighted by Crippen LogP contribution is -2.33. The second-order valence-corrected chi connectivity index (χ2v) is 6.82. The van der Waals surface area contributed by atoms with E-state index in [0.29, 0.717) is 12.5 Å². The molecule has 1 aromatic carbocycles. The Morgan fingerprint density at radius 3 is 2.67 bits per heavy atom. The molecule has 0 saturated carbocycles. The van der Waals surface area contributed by atoms with Gasteiger partial charge in [0.2, 0.25) is 5.91 Å². The molecule has 21 heavy (non-hydrogen) atoms. The molecule has 0 radical (unpaired) electrons. The van der Waals surface area contributed by atoms with Gasteiger partial charge in [-0.15, -0.1) is 0 Å². The third-order valence-corrected chi connectivity index (χ3v) is 4.12. The van der Waals surface area contributed by atoms with Gasteiger partial charge in [-0.1, -0.05) is 43.8 Å². The number of nitrogens with one attached hydrogen (secondary N) is 1. The highest BCUT2D eigenvalue weighted by Crippen LogP contribution is 2.28. The SMILES string of the molecule is Cc1nc(S[C@@H](C)C(=O)NCC(C)C)c2ccccc2n1. The minimum Gasteiger partial charge on any atom is -0.355 e. The fraction of sp³-hybridized carbons (Fsp3) is 0.438. The average Bonchev–Trinajstić information content (AvgIpc) is 2.44. The fourth-order valence-corrected chi connectivity index (χ4v) is 2.93. The van der Waals surface area contributed by atoms with Crippen molar-refractivity contribution in [2.24, 2.45) is 5.92 Å².